The average Bonchev–Trinajstić information content (AvgIpc) is 2.87. The molecule has 2 unspecified atom stereocenters. The van der Waals surface area contributed by atoms with Crippen molar-refractivity contribution in [3.05, 3.63) is 70.7 Å². The van der Waals surface area contributed by atoms with Crippen LogP contribution in [0.3, 0.4) is 0 Å². The summed E-state index contributed by atoms with van der Waals surface area (Å²) < 4.78 is 11.3. The summed E-state index contributed by atoms with van der Waals surface area (Å²) in [5.41, 5.74) is 0.887. The highest BCUT2D eigenvalue weighted by atomic mass is 35.5. The van der Waals surface area contributed by atoms with E-state index in [1.165, 1.54) is 31.2 Å². The Hall–Kier alpha value is -3.06. The molecule has 1 saturated heterocycles. The maximum atomic E-state index is 12.4. The lowest BCUT2D eigenvalue weighted by Gasteiger charge is -2.46. The molecule has 2 aromatic rings. The number of carbonyl (C=O) groups excluding carboxylic acids is 2. The zero-order valence-corrected chi connectivity index (χ0v) is 20.7. The lowest BCUT2D eigenvalue weighted by atomic mass is 9.88. The second-order valence-electron chi connectivity index (χ2n) is 8.69. The summed E-state index contributed by atoms with van der Waals surface area (Å²) in [6.45, 7) is 0.535. The van der Waals surface area contributed by atoms with Crippen LogP contribution in [-0.4, -0.2) is 81.0 Å². The van der Waals surface area contributed by atoms with Gasteiger partial charge in [-0.25, -0.2) is 4.79 Å². The molecule has 0 saturated carbocycles. The number of carboxylic acid groups (broad SMARTS) is 1. The third kappa shape index (κ3) is 7.25. The van der Waals surface area contributed by atoms with Gasteiger partial charge in [0, 0.05) is 30.5 Å². The molecule has 200 valence electrons. The van der Waals surface area contributed by atoms with Crippen LogP contribution in [0.1, 0.15) is 29.3 Å². The molecule has 11 nitrogen and oxygen atoms in total. The SMILES string of the molecule is CC(=O)N[C@@H]1C(O)C[C@](OCc2ccccc2)(C(=O)O)OC1[C@H](O)[C@H](O)CNC(=O)c1ccc(Cl)cc1. The quantitative estimate of drug-likeness (QED) is 0.252. The highest BCUT2D eigenvalue weighted by molar-refractivity contribution is 6.30. The van der Waals surface area contributed by atoms with Crippen LogP contribution in [0, 0.1) is 0 Å². The number of benzene rings is 2. The number of aliphatic hydroxyl groups excluding tert-OH is 3. The maximum Gasteiger partial charge on any atom is 0.364 e. The van der Waals surface area contributed by atoms with Gasteiger partial charge in [0.15, 0.2) is 0 Å². The highest BCUT2D eigenvalue weighted by Crippen LogP contribution is 2.34. The zero-order chi connectivity index (χ0) is 27.2. The van der Waals surface area contributed by atoms with Gasteiger partial charge < -0.3 is 40.5 Å². The molecule has 12 heteroatoms. The van der Waals surface area contributed by atoms with Crippen LogP contribution in [0.15, 0.2) is 54.6 Å². The van der Waals surface area contributed by atoms with Gasteiger partial charge in [-0.3, -0.25) is 9.59 Å². The number of carbonyl (C=O) groups is 3. The Morgan fingerprint density at radius 1 is 1.14 bits per heavy atom. The van der Waals surface area contributed by atoms with Gasteiger partial charge in [0.1, 0.15) is 12.2 Å². The number of amides is 2. The van der Waals surface area contributed by atoms with Gasteiger partial charge >= 0.3 is 5.97 Å². The van der Waals surface area contributed by atoms with Crippen molar-refractivity contribution in [1.82, 2.24) is 10.6 Å². The van der Waals surface area contributed by atoms with Gasteiger partial charge in [-0.15, -0.1) is 0 Å². The Morgan fingerprint density at radius 2 is 1.78 bits per heavy atom. The third-order valence-electron chi connectivity index (χ3n) is 5.89. The lowest BCUT2D eigenvalue weighted by Crippen LogP contribution is -2.68. The Morgan fingerprint density at radius 3 is 2.38 bits per heavy atom. The summed E-state index contributed by atoms with van der Waals surface area (Å²) in [6, 6.07) is 13.3. The Labute approximate surface area is 218 Å². The second kappa shape index (κ2) is 12.5. The molecule has 0 aliphatic carbocycles. The molecule has 3 rings (SSSR count). The van der Waals surface area contributed by atoms with Crippen molar-refractivity contribution in [3.63, 3.8) is 0 Å². The molecular formula is C25H29ClN2O9. The van der Waals surface area contributed by atoms with Crippen LogP contribution in [-0.2, 0) is 25.7 Å². The van der Waals surface area contributed by atoms with Gasteiger partial charge in [-0.2, -0.15) is 0 Å². The summed E-state index contributed by atoms with van der Waals surface area (Å²) in [6.07, 6.45) is -7.19. The van der Waals surface area contributed by atoms with Crippen molar-refractivity contribution in [3.8, 4) is 0 Å². The summed E-state index contributed by atoms with van der Waals surface area (Å²) in [5, 5.41) is 47.6. The molecule has 6 atom stereocenters. The lowest BCUT2D eigenvalue weighted by molar-refractivity contribution is -0.314. The highest BCUT2D eigenvalue weighted by Gasteiger charge is 2.55. The second-order valence-corrected chi connectivity index (χ2v) is 9.12. The normalized spacial score (nSPS) is 25.1. The molecule has 0 radical (unpaired) electrons. The summed E-state index contributed by atoms with van der Waals surface area (Å²) >= 11 is 5.81. The minimum Gasteiger partial charge on any atom is -0.477 e. The van der Waals surface area contributed by atoms with E-state index in [2.05, 4.69) is 10.6 Å². The van der Waals surface area contributed by atoms with Crippen LogP contribution < -0.4 is 10.6 Å². The van der Waals surface area contributed by atoms with Crippen molar-refractivity contribution < 1.29 is 44.3 Å². The minimum atomic E-state index is -2.39. The molecule has 2 amide bonds. The first kappa shape index (κ1) is 28.5. The topological polar surface area (TPSA) is 175 Å². The molecule has 2 aromatic carbocycles. The fourth-order valence-corrected chi connectivity index (χ4v) is 4.09. The van der Waals surface area contributed by atoms with E-state index in [4.69, 9.17) is 21.1 Å². The molecule has 6 N–H and O–H groups in total. The van der Waals surface area contributed by atoms with E-state index in [0.29, 0.717) is 10.6 Å². The number of nitrogens with one attached hydrogen (secondary N) is 2. The van der Waals surface area contributed by atoms with Crippen LogP contribution in [0.4, 0.5) is 0 Å². The van der Waals surface area contributed by atoms with E-state index in [1.54, 1.807) is 30.3 Å². The van der Waals surface area contributed by atoms with Crippen molar-refractivity contribution >= 4 is 29.4 Å². The van der Waals surface area contributed by atoms with Crippen molar-refractivity contribution in [2.75, 3.05) is 6.54 Å². The van der Waals surface area contributed by atoms with E-state index in [9.17, 15) is 34.8 Å². The first-order valence-electron chi connectivity index (χ1n) is 11.5. The van der Waals surface area contributed by atoms with E-state index in [-0.39, 0.29) is 12.2 Å². The number of aliphatic hydroxyl groups is 3. The predicted molar refractivity (Wildman–Crippen MR) is 130 cm³/mol. The number of hydrogen-bond acceptors (Lipinski definition) is 8. The Bertz CT molecular complexity index is 1090. The number of rotatable bonds is 10. The van der Waals surface area contributed by atoms with Crippen molar-refractivity contribution in [2.24, 2.45) is 0 Å². The molecule has 0 aromatic heterocycles. The smallest absolute Gasteiger partial charge is 0.364 e. The predicted octanol–water partition coefficient (Wildman–Crippen LogP) is 0.444. The number of ether oxygens (including phenoxy) is 2. The molecule has 1 heterocycles. The standard InChI is InChI=1S/C25H29ClN2O9/c1-14(29)28-20-18(30)11-25(24(34)35,36-13-15-5-3-2-4-6-15)37-22(20)21(32)19(31)12-27-23(33)16-7-9-17(26)10-8-16/h2-10,18-22,30-32H,11-13H2,1H3,(H,27,33)(H,28,29)(H,34,35)/t18?,19-,20-,21-,22?,25-/m1/s1. The minimum absolute atomic E-state index is 0.187. The van der Waals surface area contributed by atoms with E-state index in [1.807, 2.05) is 0 Å². The first-order valence-corrected chi connectivity index (χ1v) is 11.8. The van der Waals surface area contributed by atoms with Crippen LogP contribution in [0.25, 0.3) is 0 Å². The molecule has 37 heavy (non-hydrogen) atoms. The van der Waals surface area contributed by atoms with Crippen LogP contribution in [0.2, 0.25) is 5.02 Å². The average molecular weight is 537 g/mol. The molecule has 1 fully saturated rings. The number of halogens is 1. The van der Waals surface area contributed by atoms with Crippen molar-refractivity contribution in [2.45, 2.75) is 56.2 Å². The molecule has 1 aliphatic heterocycles. The van der Waals surface area contributed by atoms with Gasteiger partial charge in [0.05, 0.1) is 24.9 Å². The summed E-state index contributed by atoms with van der Waals surface area (Å²) in [5.74, 6) is -5.09. The monoisotopic (exact) mass is 536 g/mol. The van der Waals surface area contributed by atoms with Crippen LogP contribution in [0.5, 0.6) is 0 Å². The summed E-state index contributed by atoms with van der Waals surface area (Å²) in [7, 11) is 0. The maximum absolute atomic E-state index is 12.4. The Balaban J connectivity index is 1.77. The molecule has 1 aliphatic rings. The zero-order valence-electron chi connectivity index (χ0n) is 19.9. The number of aliphatic carboxylic acids is 1. The van der Waals surface area contributed by atoms with Gasteiger partial charge in [0.25, 0.3) is 11.7 Å². The summed E-state index contributed by atoms with van der Waals surface area (Å²) in [4.78, 5) is 36.4. The largest absolute Gasteiger partial charge is 0.477 e. The van der Waals surface area contributed by atoms with E-state index >= 15 is 0 Å². The van der Waals surface area contributed by atoms with Gasteiger partial charge in [0.2, 0.25) is 5.91 Å². The third-order valence-corrected chi connectivity index (χ3v) is 6.14. The molecular weight excluding hydrogens is 508 g/mol. The molecule has 0 bridgehead atoms. The van der Waals surface area contributed by atoms with Crippen LogP contribution >= 0.6 is 11.6 Å². The molecule has 0 spiro atoms. The van der Waals surface area contributed by atoms with Crippen molar-refractivity contribution in [1.29, 1.82) is 0 Å². The Kier molecular flexibility index (Phi) is 9.60. The van der Waals surface area contributed by atoms with E-state index in [0.717, 1.165) is 0 Å². The fourth-order valence-electron chi connectivity index (χ4n) is 3.96. The first-order chi connectivity index (χ1) is 17.5. The number of hydrogen-bond donors (Lipinski definition) is 6. The van der Waals surface area contributed by atoms with Gasteiger partial charge in [-0.05, 0) is 29.8 Å². The fraction of sp³-hybridized carbons (Fsp3) is 0.400. The van der Waals surface area contributed by atoms with E-state index < -0.39 is 67.0 Å². The van der Waals surface area contributed by atoms with Gasteiger partial charge in [-0.1, -0.05) is 41.9 Å². The number of carboxylic acids is 1.